The van der Waals surface area contributed by atoms with Crippen molar-refractivity contribution >= 4 is 50.2 Å². The molecule has 9 N–H and O–H groups in total. The van der Waals surface area contributed by atoms with Gasteiger partial charge in [0.2, 0.25) is 0 Å². The summed E-state index contributed by atoms with van der Waals surface area (Å²) < 4.78 is 43.2. The first kappa shape index (κ1) is 38.2. The van der Waals surface area contributed by atoms with Crippen molar-refractivity contribution in [3.05, 3.63) is 59.4 Å². The van der Waals surface area contributed by atoms with Crippen LogP contribution in [0.5, 0.6) is 5.75 Å². The van der Waals surface area contributed by atoms with Gasteiger partial charge in [-0.2, -0.15) is 13.5 Å². The van der Waals surface area contributed by atoms with E-state index < -0.39 is 64.4 Å². The highest BCUT2D eigenvalue weighted by Gasteiger charge is 2.57. The Hall–Kier alpha value is -4.57. The van der Waals surface area contributed by atoms with Gasteiger partial charge in [-0.25, -0.2) is 14.3 Å². The molecule has 1 amide bonds. The lowest BCUT2D eigenvalue weighted by Crippen LogP contribution is -2.68. The fraction of sp³-hybridized carbons (Fsp3) is 0.400. The minimum absolute atomic E-state index is 0.0196. The number of amides is 1. The first-order valence-corrected chi connectivity index (χ1v) is 17.4. The summed E-state index contributed by atoms with van der Waals surface area (Å²) in [4.78, 5) is 47.2. The van der Waals surface area contributed by atoms with Gasteiger partial charge in [-0.15, -0.1) is 15.6 Å². The number of pyridine rings is 1. The Labute approximate surface area is 291 Å². The molecule has 2 aromatic heterocycles. The average Bonchev–Trinajstić information content (AvgIpc) is 3.50. The van der Waals surface area contributed by atoms with Gasteiger partial charge in [-0.05, 0) is 37.6 Å². The number of carbonyl (C=O) groups excluding carboxylic acids is 2. The van der Waals surface area contributed by atoms with Crippen LogP contribution in [0.1, 0.15) is 31.7 Å². The van der Waals surface area contributed by atoms with Crippen molar-refractivity contribution in [1.82, 2.24) is 15.4 Å². The van der Waals surface area contributed by atoms with Crippen LogP contribution in [0.15, 0.2) is 53.1 Å². The number of ketones is 1. The Bertz CT molecular complexity index is 1850. The Morgan fingerprint density at radius 3 is 2.36 bits per heavy atom. The number of anilines is 1. The highest BCUT2D eigenvalue weighted by Crippen LogP contribution is 2.40. The third-order valence-electron chi connectivity index (χ3n) is 7.98. The number of aryl methyl sites for hydroxylation is 1. The molecule has 3 heterocycles. The van der Waals surface area contributed by atoms with Crippen molar-refractivity contribution in [2.45, 2.75) is 44.5 Å². The van der Waals surface area contributed by atoms with E-state index in [2.05, 4.69) is 19.7 Å². The summed E-state index contributed by atoms with van der Waals surface area (Å²) in [6.45, 7) is 3.83. The number of nitrogen functional groups attached to an aromatic ring is 1. The van der Waals surface area contributed by atoms with Gasteiger partial charge in [0.15, 0.2) is 28.5 Å². The molecule has 3 aromatic rings. The zero-order valence-electron chi connectivity index (χ0n) is 27.4. The highest BCUT2D eigenvalue weighted by atomic mass is 32.3. The highest BCUT2D eigenvalue weighted by molar-refractivity contribution is 7.80. The maximum absolute atomic E-state index is 13.4. The topological polar surface area (TPSA) is 276 Å². The fourth-order valence-corrected chi connectivity index (χ4v) is 5.97. The third-order valence-corrected chi connectivity index (χ3v) is 8.99. The smallest absolute Gasteiger partial charge is 0.418 e. The van der Waals surface area contributed by atoms with Crippen LogP contribution in [-0.2, 0) is 47.5 Å². The summed E-state index contributed by atoms with van der Waals surface area (Å²) >= 11 is 0.984. The first-order valence-electron chi connectivity index (χ1n) is 15.1. The number of carboxylic acids is 1. The number of hydrogen-bond donors (Lipinski definition) is 6. The molecule has 18 nitrogen and oxygen atoms in total. The normalized spacial score (nSPS) is 16.6. The summed E-state index contributed by atoms with van der Waals surface area (Å²) in [5.74, 6) is -3.83. The van der Waals surface area contributed by atoms with Gasteiger partial charge in [-0.3, -0.25) is 14.1 Å². The Kier molecular flexibility index (Phi) is 12.2. The lowest BCUT2D eigenvalue weighted by atomic mass is 9.74. The largest absolute Gasteiger partial charge is 0.489 e. The number of nitrogens with one attached hydrogen (secondary N) is 1. The van der Waals surface area contributed by atoms with Gasteiger partial charge in [0.1, 0.15) is 25.1 Å². The summed E-state index contributed by atoms with van der Waals surface area (Å²) in [6, 6.07) is 10.9. The molecule has 1 aliphatic heterocycles. The number of thiazole rings is 1. The van der Waals surface area contributed by atoms with E-state index >= 15 is 0 Å². The average molecular weight is 736 g/mol. The zero-order valence-corrected chi connectivity index (χ0v) is 29.0. The van der Waals surface area contributed by atoms with Crippen molar-refractivity contribution in [1.29, 1.82) is 0 Å². The quantitative estimate of drug-likeness (QED) is 0.0324. The molecule has 4 rings (SSSR count). The van der Waals surface area contributed by atoms with Gasteiger partial charge in [0.05, 0.1) is 18.0 Å². The molecule has 1 fully saturated rings. The monoisotopic (exact) mass is 735 g/mol. The van der Waals surface area contributed by atoms with E-state index in [-0.39, 0.29) is 16.9 Å². The number of Topliss-reactive ketones (excluding diaryl/α,β-unsaturated/α-hetero) is 1. The summed E-state index contributed by atoms with van der Waals surface area (Å²) in [6.07, 6.45) is -0.191. The number of hydroxylamine groups is 2. The summed E-state index contributed by atoms with van der Waals surface area (Å²) in [5, 5.41) is 18.8. The molecule has 2 atom stereocenters. The minimum atomic E-state index is -4.99. The number of ether oxygens (including phenoxy) is 1. The molecule has 1 aromatic carbocycles. The number of hydrogen-bond acceptors (Lipinski definition) is 15. The van der Waals surface area contributed by atoms with E-state index in [9.17, 15) is 27.9 Å². The Morgan fingerprint density at radius 2 is 1.82 bits per heavy atom. The van der Waals surface area contributed by atoms with Crippen LogP contribution in [0.3, 0.4) is 0 Å². The van der Waals surface area contributed by atoms with Gasteiger partial charge < -0.3 is 37.2 Å². The van der Waals surface area contributed by atoms with Gasteiger partial charge in [-0.1, -0.05) is 17.3 Å². The number of nitrogens with two attached hydrogens (primary N) is 3. The molecule has 20 heteroatoms. The van der Waals surface area contributed by atoms with Gasteiger partial charge in [0.25, 0.3) is 12.0 Å². The SMILES string of the molecule is C[n+]1cc(-c2ccc(OCC(O/N=C(\C(=O)C[C@@H]3C(=O)N(OS(=O)(=O)O)C3(C)C)c3csc(N)n3)C(=O)O)cc2)ccc1CNC(CN)CN. The Balaban J connectivity index is 1.42. The molecule has 1 saturated heterocycles. The predicted molar refractivity (Wildman–Crippen MR) is 180 cm³/mol. The van der Waals surface area contributed by atoms with Crippen LogP contribution in [0.2, 0.25) is 0 Å². The predicted octanol–water partition coefficient (Wildman–Crippen LogP) is -0.224. The van der Waals surface area contributed by atoms with Gasteiger partial charge in [0, 0.05) is 42.6 Å². The number of β-lactam (4-membered cyclic amide) rings is 1. The van der Waals surface area contributed by atoms with E-state index in [1.165, 1.54) is 19.2 Å². The van der Waals surface area contributed by atoms with E-state index in [1.807, 2.05) is 42.1 Å². The molecule has 1 aliphatic rings. The first-order chi connectivity index (χ1) is 23.5. The second-order valence-electron chi connectivity index (χ2n) is 11.8. The fourth-order valence-electron chi connectivity index (χ4n) is 4.97. The number of carboxylic acid groups (broad SMARTS) is 1. The second kappa shape index (κ2) is 16.0. The number of rotatable bonds is 18. The van der Waals surface area contributed by atoms with E-state index in [0.29, 0.717) is 30.4 Å². The number of aliphatic carboxylic acids is 1. The molecule has 0 aliphatic carbocycles. The third kappa shape index (κ3) is 9.35. The molecule has 0 radical (unpaired) electrons. The number of aromatic nitrogens is 2. The number of oxime groups is 1. The number of carbonyl (C=O) groups is 3. The molecule has 1 unspecified atom stereocenters. The van der Waals surface area contributed by atoms with Crippen LogP contribution in [-0.4, -0.2) is 88.9 Å². The standard InChI is InChI=1S/C30H38N8O10S2/c1-30(2)22(27(40)38(30)48-50(43,44)45)10-24(39)26(23-16-49-29(33)35-23)36-47-25(28(41)42)15-46-21-8-5-17(6-9-21)18-4-7-20(37(3)14-18)13-34-19(11-31)12-32/h4-9,14,16,19,22,25,34H,10-13,15,31-32H2,1-3H3,(H3-,33,35,41,42,43,44,45)/p+1/b36-26-/t22-,25?/m1/s1. The molecule has 0 bridgehead atoms. The van der Waals surface area contributed by atoms with Crippen LogP contribution in [0.25, 0.3) is 11.1 Å². The Morgan fingerprint density at radius 1 is 1.16 bits per heavy atom. The summed E-state index contributed by atoms with van der Waals surface area (Å²) in [5.41, 5.74) is 18.2. The zero-order chi connectivity index (χ0) is 36.8. The van der Waals surface area contributed by atoms with Crippen molar-refractivity contribution < 1.29 is 50.9 Å². The van der Waals surface area contributed by atoms with Gasteiger partial charge >= 0.3 is 16.4 Å². The lowest BCUT2D eigenvalue weighted by molar-refractivity contribution is -0.679. The van der Waals surface area contributed by atoms with E-state index in [4.69, 9.17) is 31.3 Å². The lowest BCUT2D eigenvalue weighted by Gasteiger charge is -2.50. The van der Waals surface area contributed by atoms with Crippen LogP contribution >= 0.6 is 11.3 Å². The molecule has 0 saturated carbocycles. The van der Waals surface area contributed by atoms with Crippen molar-refractivity contribution in [2.75, 3.05) is 25.4 Å². The molecular formula is C30H39N8O10S2+. The molecular weight excluding hydrogens is 697 g/mol. The van der Waals surface area contributed by atoms with Crippen LogP contribution < -0.4 is 31.8 Å². The minimum Gasteiger partial charge on any atom is -0.489 e. The molecule has 0 spiro atoms. The summed E-state index contributed by atoms with van der Waals surface area (Å²) in [7, 11) is -3.07. The number of benzene rings is 1. The number of nitrogens with zero attached hydrogens (tertiary/aromatic N) is 4. The van der Waals surface area contributed by atoms with Crippen molar-refractivity contribution in [3.63, 3.8) is 0 Å². The van der Waals surface area contributed by atoms with E-state index in [0.717, 1.165) is 28.2 Å². The van der Waals surface area contributed by atoms with E-state index in [1.54, 1.807) is 12.1 Å². The molecule has 270 valence electrons. The maximum Gasteiger partial charge on any atom is 0.418 e. The van der Waals surface area contributed by atoms with Crippen LogP contribution in [0, 0.1) is 5.92 Å². The van der Waals surface area contributed by atoms with Crippen molar-refractivity contribution in [2.24, 2.45) is 29.6 Å². The second-order valence-corrected chi connectivity index (χ2v) is 13.7. The molecule has 50 heavy (non-hydrogen) atoms. The van der Waals surface area contributed by atoms with Crippen molar-refractivity contribution in [3.8, 4) is 16.9 Å². The maximum atomic E-state index is 13.4. The van der Waals surface area contributed by atoms with Crippen LogP contribution in [0.4, 0.5) is 5.13 Å².